The lowest BCUT2D eigenvalue weighted by Gasteiger charge is -2.08. The van der Waals surface area contributed by atoms with Crippen LogP contribution in [0.15, 0.2) is 36.5 Å². The van der Waals surface area contributed by atoms with Gasteiger partial charge in [0.05, 0.1) is 16.8 Å². The summed E-state index contributed by atoms with van der Waals surface area (Å²) < 4.78 is 13.9. The van der Waals surface area contributed by atoms with Crippen LogP contribution in [0.5, 0.6) is 0 Å². The highest BCUT2D eigenvalue weighted by Crippen LogP contribution is 2.20. The standard InChI is InChI=1S/C13H8ClFN2O3/c14-11-8(4-2-6-16-11)12(18)17-9-5-1-3-7(10(9)15)13(19)20/h1-6H,(H,17,18)(H,19,20). The highest BCUT2D eigenvalue weighted by molar-refractivity contribution is 6.33. The molecule has 1 amide bonds. The fourth-order valence-corrected chi connectivity index (χ4v) is 1.74. The summed E-state index contributed by atoms with van der Waals surface area (Å²) in [4.78, 5) is 26.4. The maximum Gasteiger partial charge on any atom is 0.338 e. The van der Waals surface area contributed by atoms with Gasteiger partial charge in [-0.1, -0.05) is 17.7 Å². The monoisotopic (exact) mass is 294 g/mol. The normalized spacial score (nSPS) is 10.1. The average molecular weight is 295 g/mol. The molecule has 0 atom stereocenters. The van der Waals surface area contributed by atoms with Crippen LogP contribution < -0.4 is 5.32 Å². The molecular formula is C13H8ClFN2O3. The molecule has 1 heterocycles. The first-order valence-corrected chi connectivity index (χ1v) is 5.82. The van der Waals surface area contributed by atoms with Crippen LogP contribution >= 0.6 is 11.6 Å². The molecule has 0 saturated heterocycles. The smallest absolute Gasteiger partial charge is 0.338 e. The predicted molar refractivity (Wildman–Crippen MR) is 70.6 cm³/mol. The van der Waals surface area contributed by atoms with Crippen molar-refractivity contribution >= 4 is 29.2 Å². The van der Waals surface area contributed by atoms with Crippen molar-refractivity contribution < 1.29 is 19.1 Å². The van der Waals surface area contributed by atoms with E-state index in [0.29, 0.717) is 0 Å². The second-order valence-electron chi connectivity index (χ2n) is 3.77. The van der Waals surface area contributed by atoms with Crippen molar-refractivity contribution in [1.82, 2.24) is 4.98 Å². The second kappa shape index (κ2) is 5.66. The molecule has 2 aromatic rings. The van der Waals surface area contributed by atoms with Gasteiger partial charge in [-0.3, -0.25) is 4.79 Å². The van der Waals surface area contributed by atoms with E-state index in [1.165, 1.54) is 30.5 Å². The minimum absolute atomic E-state index is 0.0280. The third-order valence-corrected chi connectivity index (χ3v) is 2.78. The van der Waals surface area contributed by atoms with Crippen molar-refractivity contribution in [2.75, 3.05) is 5.32 Å². The lowest BCUT2D eigenvalue weighted by Crippen LogP contribution is -2.15. The number of carboxylic acids is 1. The van der Waals surface area contributed by atoms with Crippen LogP contribution in [-0.2, 0) is 0 Å². The number of nitrogens with one attached hydrogen (secondary N) is 1. The van der Waals surface area contributed by atoms with Gasteiger partial charge in [0.1, 0.15) is 5.15 Å². The number of pyridine rings is 1. The Balaban J connectivity index is 2.32. The molecule has 2 N–H and O–H groups in total. The number of hydrogen-bond acceptors (Lipinski definition) is 3. The molecule has 1 aromatic carbocycles. The summed E-state index contributed by atoms with van der Waals surface area (Å²) in [5.74, 6) is -3.11. The minimum Gasteiger partial charge on any atom is -0.478 e. The molecule has 0 aliphatic heterocycles. The van der Waals surface area contributed by atoms with E-state index in [9.17, 15) is 14.0 Å². The van der Waals surface area contributed by atoms with Gasteiger partial charge in [0.15, 0.2) is 5.82 Å². The number of carbonyl (C=O) groups is 2. The van der Waals surface area contributed by atoms with Crippen molar-refractivity contribution in [3.05, 3.63) is 58.6 Å². The number of nitrogens with zero attached hydrogens (tertiary/aromatic N) is 1. The Labute approximate surface area is 118 Å². The molecule has 2 rings (SSSR count). The van der Waals surface area contributed by atoms with E-state index in [2.05, 4.69) is 10.3 Å². The van der Waals surface area contributed by atoms with Gasteiger partial charge in [0, 0.05) is 6.20 Å². The zero-order valence-corrected chi connectivity index (χ0v) is 10.7. The van der Waals surface area contributed by atoms with Crippen LogP contribution in [0.3, 0.4) is 0 Å². The van der Waals surface area contributed by atoms with Crippen molar-refractivity contribution in [2.24, 2.45) is 0 Å². The number of amides is 1. The van der Waals surface area contributed by atoms with Gasteiger partial charge < -0.3 is 10.4 Å². The Hall–Kier alpha value is -2.47. The summed E-state index contributed by atoms with van der Waals surface area (Å²) in [5.41, 5.74) is -0.704. The van der Waals surface area contributed by atoms with E-state index in [-0.39, 0.29) is 16.4 Å². The number of carboxylic acid groups (broad SMARTS) is 1. The number of hydrogen-bond donors (Lipinski definition) is 2. The zero-order valence-electron chi connectivity index (χ0n) is 9.93. The molecule has 0 aliphatic carbocycles. The number of aromatic carboxylic acids is 1. The third-order valence-electron chi connectivity index (χ3n) is 2.48. The number of carbonyl (C=O) groups excluding carboxylic acids is 1. The van der Waals surface area contributed by atoms with Gasteiger partial charge in [-0.25, -0.2) is 14.2 Å². The van der Waals surface area contributed by atoms with E-state index < -0.39 is 23.3 Å². The highest BCUT2D eigenvalue weighted by Gasteiger charge is 2.17. The molecule has 0 saturated carbocycles. The number of halogens is 2. The zero-order chi connectivity index (χ0) is 14.7. The molecule has 0 radical (unpaired) electrons. The van der Waals surface area contributed by atoms with E-state index in [1.807, 2.05) is 0 Å². The molecule has 20 heavy (non-hydrogen) atoms. The maximum absolute atomic E-state index is 13.9. The fraction of sp³-hybridized carbons (Fsp3) is 0. The number of rotatable bonds is 3. The quantitative estimate of drug-likeness (QED) is 0.853. The lowest BCUT2D eigenvalue weighted by atomic mass is 10.1. The van der Waals surface area contributed by atoms with Crippen LogP contribution in [0, 0.1) is 5.82 Å². The van der Waals surface area contributed by atoms with Gasteiger partial charge in [-0.2, -0.15) is 0 Å². The first-order valence-electron chi connectivity index (χ1n) is 5.44. The van der Waals surface area contributed by atoms with Crippen LogP contribution in [0.2, 0.25) is 5.15 Å². The number of anilines is 1. The molecule has 1 aromatic heterocycles. The van der Waals surface area contributed by atoms with Gasteiger partial charge in [-0.05, 0) is 24.3 Å². The molecule has 5 nitrogen and oxygen atoms in total. The topological polar surface area (TPSA) is 79.3 Å². The van der Waals surface area contributed by atoms with Crippen LogP contribution in [-0.4, -0.2) is 22.0 Å². The molecular weight excluding hydrogens is 287 g/mol. The lowest BCUT2D eigenvalue weighted by molar-refractivity contribution is 0.0691. The van der Waals surface area contributed by atoms with Crippen molar-refractivity contribution in [3.8, 4) is 0 Å². The Kier molecular flexibility index (Phi) is 3.95. The first kappa shape index (κ1) is 14.0. The van der Waals surface area contributed by atoms with E-state index >= 15 is 0 Å². The SMILES string of the molecule is O=C(Nc1cccc(C(=O)O)c1F)c1cccnc1Cl. The Morgan fingerprint density at radius 2 is 1.90 bits per heavy atom. The van der Waals surface area contributed by atoms with Crippen LogP contribution in [0.4, 0.5) is 10.1 Å². The van der Waals surface area contributed by atoms with Crippen molar-refractivity contribution in [3.63, 3.8) is 0 Å². The second-order valence-corrected chi connectivity index (χ2v) is 4.13. The summed E-state index contributed by atoms with van der Waals surface area (Å²) in [6.07, 6.45) is 1.41. The summed E-state index contributed by atoms with van der Waals surface area (Å²) in [7, 11) is 0. The van der Waals surface area contributed by atoms with Gasteiger partial charge in [0.25, 0.3) is 5.91 Å². The van der Waals surface area contributed by atoms with E-state index in [1.54, 1.807) is 0 Å². The molecule has 0 aliphatic rings. The Morgan fingerprint density at radius 1 is 1.20 bits per heavy atom. The summed E-state index contributed by atoms with van der Waals surface area (Å²) in [6.45, 7) is 0. The average Bonchev–Trinajstić information content (AvgIpc) is 2.41. The van der Waals surface area contributed by atoms with Gasteiger partial charge in [-0.15, -0.1) is 0 Å². The Bertz CT molecular complexity index is 691. The van der Waals surface area contributed by atoms with E-state index in [4.69, 9.17) is 16.7 Å². The molecule has 0 unspecified atom stereocenters. The molecule has 0 spiro atoms. The molecule has 102 valence electrons. The minimum atomic E-state index is -1.42. The molecule has 7 heteroatoms. The summed E-state index contributed by atoms with van der Waals surface area (Å²) in [6, 6.07) is 6.61. The predicted octanol–water partition coefficient (Wildman–Crippen LogP) is 2.82. The molecule has 0 bridgehead atoms. The Morgan fingerprint density at radius 3 is 2.55 bits per heavy atom. The van der Waals surface area contributed by atoms with Crippen molar-refractivity contribution in [2.45, 2.75) is 0 Å². The van der Waals surface area contributed by atoms with Crippen LogP contribution in [0.25, 0.3) is 0 Å². The van der Waals surface area contributed by atoms with Gasteiger partial charge in [0.2, 0.25) is 0 Å². The highest BCUT2D eigenvalue weighted by atomic mass is 35.5. The first-order chi connectivity index (χ1) is 9.50. The largest absolute Gasteiger partial charge is 0.478 e. The van der Waals surface area contributed by atoms with E-state index in [0.717, 1.165) is 6.07 Å². The van der Waals surface area contributed by atoms with Crippen molar-refractivity contribution in [1.29, 1.82) is 0 Å². The summed E-state index contributed by atoms with van der Waals surface area (Å²) in [5, 5.41) is 11.0. The maximum atomic E-state index is 13.9. The van der Waals surface area contributed by atoms with Crippen LogP contribution in [0.1, 0.15) is 20.7 Å². The fourth-order valence-electron chi connectivity index (χ4n) is 1.54. The molecule has 0 fully saturated rings. The number of benzene rings is 1. The summed E-state index contributed by atoms with van der Waals surface area (Å²) >= 11 is 5.75. The van der Waals surface area contributed by atoms with Gasteiger partial charge >= 0.3 is 5.97 Å². The third kappa shape index (κ3) is 2.75. The number of aromatic nitrogens is 1.